The molecular weight excluding hydrogens is 396 g/mol. The summed E-state index contributed by atoms with van der Waals surface area (Å²) in [5.41, 5.74) is 0.198. The van der Waals surface area contributed by atoms with E-state index in [1.165, 1.54) is 6.07 Å². The summed E-state index contributed by atoms with van der Waals surface area (Å²) >= 11 is 24.0. The van der Waals surface area contributed by atoms with Gasteiger partial charge in [-0.05, 0) is 19.5 Å². The second-order valence-electron chi connectivity index (χ2n) is 5.61. The van der Waals surface area contributed by atoms with Gasteiger partial charge in [-0.25, -0.2) is 0 Å². The first-order valence-corrected chi connectivity index (χ1v) is 8.90. The summed E-state index contributed by atoms with van der Waals surface area (Å²) in [6.45, 7) is 2.11. The Kier molecular flexibility index (Phi) is 7.01. The summed E-state index contributed by atoms with van der Waals surface area (Å²) in [7, 11) is 1.80. The van der Waals surface area contributed by atoms with Gasteiger partial charge in [0, 0.05) is 26.1 Å². The second kappa shape index (κ2) is 8.59. The molecule has 1 N–H and O–H groups in total. The maximum atomic E-state index is 12.2. The predicted octanol–water partition coefficient (Wildman–Crippen LogP) is 3.79. The van der Waals surface area contributed by atoms with Gasteiger partial charge in [0.25, 0.3) is 0 Å². The van der Waals surface area contributed by atoms with Crippen molar-refractivity contribution in [2.75, 3.05) is 38.5 Å². The highest BCUT2D eigenvalue weighted by Crippen LogP contribution is 2.40. The Morgan fingerprint density at radius 1 is 1.25 bits per heavy atom. The summed E-state index contributed by atoms with van der Waals surface area (Å²) in [6.07, 6.45) is 1.51. The molecule has 0 radical (unpaired) electrons. The molecule has 24 heavy (non-hydrogen) atoms. The lowest BCUT2D eigenvalue weighted by molar-refractivity contribution is -0.127. The number of benzene rings is 1. The number of rotatable bonds is 6. The molecule has 1 aliphatic rings. The summed E-state index contributed by atoms with van der Waals surface area (Å²) in [4.78, 5) is 27.4. The molecule has 0 aliphatic carbocycles. The smallest absolute Gasteiger partial charge is 0.238 e. The van der Waals surface area contributed by atoms with Gasteiger partial charge in [-0.3, -0.25) is 14.5 Å². The third-order valence-electron chi connectivity index (χ3n) is 3.71. The Morgan fingerprint density at radius 2 is 1.88 bits per heavy atom. The van der Waals surface area contributed by atoms with E-state index in [0.29, 0.717) is 19.5 Å². The van der Waals surface area contributed by atoms with Crippen molar-refractivity contribution in [2.24, 2.45) is 0 Å². The molecule has 5 nitrogen and oxygen atoms in total. The number of likely N-dealkylation sites (tertiary alicyclic amines) is 1. The van der Waals surface area contributed by atoms with E-state index in [4.69, 9.17) is 46.4 Å². The zero-order valence-electron chi connectivity index (χ0n) is 13.0. The minimum Gasteiger partial charge on any atom is -0.341 e. The van der Waals surface area contributed by atoms with Gasteiger partial charge in [0.15, 0.2) is 0 Å². The SMILES string of the molecule is CN(CCN1CCCC1=O)CC(=O)Nc1c(Cl)c(Cl)cc(Cl)c1Cl. The average Bonchev–Trinajstić information content (AvgIpc) is 2.93. The van der Waals surface area contributed by atoms with Crippen molar-refractivity contribution >= 4 is 63.9 Å². The number of carbonyl (C=O) groups is 2. The van der Waals surface area contributed by atoms with Crippen molar-refractivity contribution in [1.29, 1.82) is 0 Å². The number of nitrogens with zero attached hydrogens (tertiary/aromatic N) is 2. The minimum atomic E-state index is -0.299. The molecule has 1 fully saturated rings. The fraction of sp³-hybridized carbons (Fsp3) is 0.467. The highest BCUT2D eigenvalue weighted by atomic mass is 35.5. The quantitative estimate of drug-likeness (QED) is 0.723. The number of amides is 2. The topological polar surface area (TPSA) is 52.7 Å². The maximum absolute atomic E-state index is 12.2. The number of carbonyl (C=O) groups excluding carboxylic acids is 2. The second-order valence-corrected chi connectivity index (χ2v) is 7.18. The standard InChI is InChI=1S/C15H17Cl4N3O2/c1-21(5-6-22-4-2-3-12(22)24)8-11(23)20-15-13(18)9(16)7-10(17)14(15)19/h7H,2-6,8H2,1H3,(H,20,23). The maximum Gasteiger partial charge on any atom is 0.238 e. The Morgan fingerprint density at radius 3 is 2.42 bits per heavy atom. The number of hydrogen-bond acceptors (Lipinski definition) is 3. The number of hydrogen-bond donors (Lipinski definition) is 1. The third kappa shape index (κ3) is 4.90. The van der Waals surface area contributed by atoms with Crippen LogP contribution in [0.1, 0.15) is 12.8 Å². The minimum absolute atomic E-state index is 0.124. The molecule has 9 heteroatoms. The molecule has 1 heterocycles. The molecule has 2 rings (SSSR count). The van der Waals surface area contributed by atoms with Crippen LogP contribution in [0.4, 0.5) is 5.69 Å². The molecular formula is C15H17Cl4N3O2. The average molecular weight is 413 g/mol. The van der Waals surface area contributed by atoms with Crippen LogP contribution in [0.15, 0.2) is 6.07 Å². The molecule has 132 valence electrons. The summed E-state index contributed by atoms with van der Waals surface area (Å²) in [6, 6.07) is 1.42. The highest BCUT2D eigenvalue weighted by molar-refractivity contribution is 6.50. The summed E-state index contributed by atoms with van der Waals surface area (Å²) in [5.74, 6) is -0.132. The fourth-order valence-electron chi connectivity index (χ4n) is 2.42. The monoisotopic (exact) mass is 411 g/mol. The number of anilines is 1. The van der Waals surface area contributed by atoms with Gasteiger partial charge in [-0.15, -0.1) is 0 Å². The van der Waals surface area contributed by atoms with Gasteiger partial charge in [0.2, 0.25) is 11.8 Å². The van der Waals surface area contributed by atoms with Crippen LogP contribution in [-0.2, 0) is 9.59 Å². The van der Waals surface area contributed by atoms with Crippen molar-refractivity contribution in [3.63, 3.8) is 0 Å². The van der Waals surface area contributed by atoms with Crippen LogP contribution >= 0.6 is 46.4 Å². The van der Waals surface area contributed by atoms with Crippen LogP contribution in [0, 0.1) is 0 Å². The zero-order valence-corrected chi connectivity index (χ0v) is 16.1. The Balaban J connectivity index is 1.90. The molecule has 1 aromatic rings. The van der Waals surface area contributed by atoms with Crippen LogP contribution in [0.2, 0.25) is 20.1 Å². The number of nitrogens with one attached hydrogen (secondary N) is 1. The first-order valence-electron chi connectivity index (χ1n) is 7.38. The molecule has 0 saturated carbocycles. The van der Waals surface area contributed by atoms with Gasteiger partial charge in [0.05, 0.1) is 32.3 Å². The van der Waals surface area contributed by atoms with E-state index in [2.05, 4.69) is 5.32 Å². The van der Waals surface area contributed by atoms with E-state index in [0.717, 1.165) is 13.0 Å². The van der Waals surface area contributed by atoms with E-state index in [1.807, 2.05) is 4.90 Å². The zero-order chi connectivity index (χ0) is 17.9. The first-order chi connectivity index (χ1) is 11.3. The van der Waals surface area contributed by atoms with Gasteiger partial charge in [0.1, 0.15) is 0 Å². The Hall–Kier alpha value is -0.720. The number of halogens is 4. The highest BCUT2D eigenvalue weighted by Gasteiger charge is 2.21. The molecule has 0 bridgehead atoms. The summed E-state index contributed by atoms with van der Waals surface area (Å²) in [5, 5.41) is 3.34. The molecule has 0 unspecified atom stereocenters. The van der Waals surface area contributed by atoms with Crippen LogP contribution in [0.25, 0.3) is 0 Å². The van der Waals surface area contributed by atoms with E-state index < -0.39 is 0 Å². The van der Waals surface area contributed by atoms with E-state index in [9.17, 15) is 9.59 Å². The van der Waals surface area contributed by atoms with Crippen molar-refractivity contribution in [2.45, 2.75) is 12.8 Å². The van der Waals surface area contributed by atoms with Crippen LogP contribution < -0.4 is 5.32 Å². The van der Waals surface area contributed by atoms with Crippen molar-refractivity contribution < 1.29 is 9.59 Å². The van der Waals surface area contributed by atoms with Gasteiger partial charge >= 0.3 is 0 Å². The third-order valence-corrected chi connectivity index (χ3v) is 5.29. The van der Waals surface area contributed by atoms with Gasteiger partial charge < -0.3 is 10.2 Å². The van der Waals surface area contributed by atoms with Gasteiger partial charge in [-0.2, -0.15) is 0 Å². The van der Waals surface area contributed by atoms with Crippen LogP contribution in [0.5, 0.6) is 0 Å². The first kappa shape index (κ1) is 19.6. The van der Waals surface area contributed by atoms with Crippen LogP contribution in [-0.4, -0.2) is 54.8 Å². The molecule has 1 aliphatic heterocycles. The predicted molar refractivity (Wildman–Crippen MR) is 98.4 cm³/mol. The summed E-state index contributed by atoms with van der Waals surface area (Å²) < 4.78 is 0. The van der Waals surface area contributed by atoms with Crippen molar-refractivity contribution in [1.82, 2.24) is 9.80 Å². The Bertz CT molecular complexity index is 628. The number of likely N-dealkylation sites (N-methyl/N-ethyl adjacent to an activating group) is 1. The molecule has 0 aromatic heterocycles. The van der Waals surface area contributed by atoms with Crippen molar-refractivity contribution in [3.8, 4) is 0 Å². The van der Waals surface area contributed by atoms with E-state index >= 15 is 0 Å². The normalized spacial score (nSPS) is 14.6. The largest absolute Gasteiger partial charge is 0.341 e. The molecule has 0 spiro atoms. The van der Waals surface area contributed by atoms with Crippen LogP contribution in [0.3, 0.4) is 0 Å². The lowest BCUT2D eigenvalue weighted by atomic mass is 10.3. The van der Waals surface area contributed by atoms with E-state index in [1.54, 1.807) is 11.9 Å². The van der Waals surface area contributed by atoms with Gasteiger partial charge in [-0.1, -0.05) is 46.4 Å². The molecule has 1 saturated heterocycles. The lowest BCUT2D eigenvalue weighted by Gasteiger charge is -2.21. The van der Waals surface area contributed by atoms with E-state index in [-0.39, 0.29) is 44.1 Å². The fourth-order valence-corrected chi connectivity index (χ4v) is 3.32. The Labute approximate surface area is 160 Å². The van der Waals surface area contributed by atoms with Crippen molar-refractivity contribution in [3.05, 3.63) is 26.2 Å². The molecule has 0 atom stereocenters. The molecule has 2 amide bonds. The lowest BCUT2D eigenvalue weighted by Crippen LogP contribution is -2.37. The molecule has 1 aromatic carbocycles.